The van der Waals surface area contributed by atoms with Crippen LogP contribution in [0.25, 0.3) is 5.65 Å². The second-order valence-electron chi connectivity index (χ2n) is 6.23. The van der Waals surface area contributed by atoms with Crippen LogP contribution in [-0.4, -0.2) is 37.6 Å². The molecule has 0 aliphatic heterocycles. The number of aromatic nitrogens is 4. The van der Waals surface area contributed by atoms with Crippen molar-refractivity contribution >= 4 is 5.65 Å². The van der Waals surface area contributed by atoms with Gasteiger partial charge in [-0.05, 0) is 46.0 Å². The molecule has 23 heavy (non-hydrogen) atoms. The number of aryl methyl sites for hydroxylation is 2. The zero-order valence-corrected chi connectivity index (χ0v) is 14.2. The summed E-state index contributed by atoms with van der Waals surface area (Å²) >= 11 is 0. The Morgan fingerprint density at radius 2 is 2.09 bits per heavy atom. The number of pyridine rings is 1. The monoisotopic (exact) mass is 309 g/mol. The van der Waals surface area contributed by atoms with E-state index in [1.165, 1.54) is 0 Å². The lowest BCUT2D eigenvalue weighted by atomic mass is 10.1. The van der Waals surface area contributed by atoms with E-state index in [9.17, 15) is 0 Å². The fourth-order valence-corrected chi connectivity index (χ4v) is 2.83. The van der Waals surface area contributed by atoms with Crippen molar-refractivity contribution in [3.63, 3.8) is 0 Å². The highest BCUT2D eigenvalue weighted by molar-refractivity contribution is 5.47. The van der Waals surface area contributed by atoms with Gasteiger partial charge in [0.05, 0.1) is 6.20 Å². The number of hydrogen-bond donors (Lipinski definition) is 0. The molecule has 0 N–H and O–H groups in total. The van der Waals surface area contributed by atoms with E-state index in [0.29, 0.717) is 6.04 Å². The molecule has 0 aliphatic rings. The van der Waals surface area contributed by atoms with Crippen LogP contribution in [0.1, 0.15) is 29.6 Å². The average molecular weight is 309 g/mol. The molecule has 3 heterocycles. The largest absolute Gasteiger partial charge is 0.299 e. The molecule has 5 heteroatoms. The predicted octanol–water partition coefficient (Wildman–Crippen LogP) is 2.80. The molecule has 0 amide bonds. The van der Waals surface area contributed by atoms with Crippen LogP contribution in [0.5, 0.6) is 0 Å². The van der Waals surface area contributed by atoms with Gasteiger partial charge < -0.3 is 0 Å². The molecular weight excluding hydrogens is 286 g/mol. The molecule has 3 aromatic rings. The molecule has 1 unspecified atom stereocenters. The Hall–Kier alpha value is -2.27. The van der Waals surface area contributed by atoms with Crippen LogP contribution in [0.15, 0.2) is 36.7 Å². The van der Waals surface area contributed by atoms with Gasteiger partial charge in [0.25, 0.3) is 0 Å². The van der Waals surface area contributed by atoms with Crippen molar-refractivity contribution in [3.05, 3.63) is 59.3 Å². The summed E-state index contributed by atoms with van der Waals surface area (Å²) in [4.78, 5) is 11.4. The van der Waals surface area contributed by atoms with E-state index in [2.05, 4.69) is 53.0 Å². The Kier molecular flexibility index (Phi) is 4.39. The highest BCUT2D eigenvalue weighted by atomic mass is 15.3. The molecule has 0 fully saturated rings. The molecule has 0 aromatic carbocycles. The van der Waals surface area contributed by atoms with Gasteiger partial charge in [-0.2, -0.15) is 5.10 Å². The summed E-state index contributed by atoms with van der Waals surface area (Å²) in [6, 6.07) is 8.51. The summed E-state index contributed by atoms with van der Waals surface area (Å²) in [6.45, 7) is 7.14. The zero-order chi connectivity index (χ0) is 16.4. The van der Waals surface area contributed by atoms with Crippen molar-refractivity contribution in [1.29, 1.82) is 0 Å². The maximum Gasteiger partial charge on any atom is 0.159 e. The maximum absolute atomic E-state index is 4.65. The first-order valence-electron chi connectivity index (χ1n) is 7.95. The first kappa shape index (κ1) is 15.6. The molecule has 0 radical (unpaired) electrons. The molecule has 0 bridgehead atoms. The molecule has 0 saturated carbocycles. The third-order valence-electron chi connectivity index (χ3n) is 4.25. The van der Waals surface area contributed by atoms with Crippen LogP contribution < -0.4 is 0 Å². The minimum Gasteiger partial charge on any atom is -0.299 e. The Bertz CT molecular complexity index is 794. The molecule has 0 saturated heterocycles. The van der Waals surface area contributed by atoms with Gasteiger partial charge >= 0.3 is 0 Å². The van der Waals surface area contributed by atoms with Gasteiger partial charge in [-0.15, -0.1) is 0 Å². The normalized spacial score (nSPS) is 12.9. The average Bonchev–Trinajstić information content (AvgIpc) is 2.91. The lowest BCUT2D eigenvalue weighted by molar-refractivity contribution is 0.247. The number of nitrogens with zero attached hydrogens (tertiary/aromatic N) is 5. The summed E-state index contributed by atoms with van der Waals surface area (Å²) in [6.07, 6.45) is 4.71. The maximum atomic E-state index is 4.65. The Balaban J connectivity index is 1.76. The van der Waals surface area contributed by atoms with E-state index in [1.54, 1.807) is 0 Å². The van der Waals surface area contributed by atoms with Crippen molar-refractivity contribution in [2.45, 2.75) is 39.8 Å². The van der Waals surface area contributed by atoms with Crippen LogP contribution in [0, 0.1) is 13.8 Å². The highest BCUT2D eigenvalue weighted by Crippen LogP contribution is 2.15. The van der Waals surface area contributed by atoms with Gasteiger partial charge in [-0.1, -0.05) is 6.07 Å². The van der Waals surface area contributed by atoms with Crippen molar-refractivity contribution in [2.24, 2.45) is 0 Å². The molecule has 5 nitrogen and oxygen atoms in total. The molecule has 1 atom stereocenters. The van der Waals surface area contributed by atoms with Crippen molar-refractivity contribution in [2.75, 3.05) is 7.05 Å². The fourth-order valence-electron chi connectivity index (χ4n) is 2.83. The lowest BCUT2D eigenvalue weighted by Gasteiger charge is -2.24. The Morgan fingerprint density at radius 3 is 2.83 bits per heavy atom. The predicted molar refractivity (Wildman–Crippen MR) is 91.3 cm³/mol. The van der Waals surface area contributed by atoms with Gasteiger partial charge in [0.15, 0.2) is 5.65 Å². The summed E-state index contributed by atoms with van der Waals surface area (Å²) in [5, 5.41) is 4.47. The van der Waals surface area contributed by atoms with Gasteiger partial charge in [0.1, 0.15) is 0 Å². The van der Waals surface area contributed by atoms with Crippen molar-refractivity contribution in [3.8, 4) is 0 Å². The number of hydrogen-bond acceptors (Lipinski definition) is 4. The molecule has 3 rings (SSSR count). The Morgan fingerprint density at radius 1 is 1.26 bits per heavy atom. The molecule has 0 spiro atoms. The van der Waals surface area contributed by atoms with E-state index in [0.717, 1.165) is 41.3 Å². The van der Waals surface area contributed by atoms with E-state index >= 15 is 0 Å². The first-order valence-corrected chi connectivity index (χ1v) is 7.95. The SMILES string of the molecule is Cc1cc(C)n2ncc(CN(C)C(C)Cc3ccccn3)c2n1. The highest BCUT2D eigenvalue weighted by Gasteiger charge is 2.15. The van der Waals surface area contributed by atoms with Gasteiger partial charge in [0, 0.05) is 47.8 Å². The topological polar surface area (TPSA) is 46.3 Å². The number of fused-ring (bicyclic) bond motifs is 1. The molecular formula is C18H23N5. The summed E-state index contributed by atoms with van der Waals surface area (Å²) in [5.41, 5.74) is 5.38. The second-order valence-corrected chi connectivity index (χ2v) is 6.23. The third-order valence-corrected chi connectivity index (χ3v) is 4.25. The molecule has 120 valence electrons. The lowest BCUT2D eigenvalue weighted by Crippen LogP contribution is -2.30. The van der Waals surface area contributed by atoms with Crippen LogP contribution >= 0.6 is 0 Å². The summed E-state index contributed by atoms with van der Waals surface area (Å²) < 4.78 is 1.92. The van der Waals surface area contributed by atoms with Gasteiger partial charge in [-0.25, -0.2) is 9.50 Å². The van der Waals surface area contributed by atoms with E-state index < -0.39 is 0 Å². The smallest absolute Gasteiger partial charge is 0.159 e. The number of rotatable bonds is 5. The van der Waals surface area contributed by atoms with Gasteiger partial charge in [-0.3, -0.25) is 9.88 Å². The van der Waals surface area contributed by atoms with Crippen LogP contribution in [0.3, 0.4) is 0 Å². The first-order chi connectivity index (χ1) is 11.0. The van der Waals surface area contributed by atoms with Crippen molar-refractivity contribution < 1.29 is 0 Å². The molecule has 3 aromatic heterocycles. The van der Waals surface area contributed by atoms with Crippen LogP contribution in [-0.2, 0) is 13.0 Å². The standard InChI is InChI=1S/C18H23N5/c1-13-9-15(3)23-18(21-13)16(11-20-23)12-22(4)14(2)10-17-7-5-6-8-19-17/h5-9,11,14H,10,12H2,1-4H3. The Labute approximate surface area is 137 Å². The number of likely N-dealkylation sites (N-methyl/N-ethyl adjacent to an activating group) is 1. The minimum atomic E-state index is 0.394. The zero-order valence-electron chi connectivity index (χ0n) is 14.2. The van der Waals surface area contributed by atoms with Crippen molar-refractivity contribution in [1.82, 2.24) is 24.5 Å². The fraction of sp³-hybridized carbons (Fsp3) is 0.389. The van der Waals surface area contributed by atoms with Crippen LogP contribution in [0.4, 0.5) is 0 Å². The molecule has 0 aliphatic carbocycles. The third kappa shape index (κ3) is 3.40. The van der Waals surface area contributed by atoms with E-state index in [-0.39, 0.29) is 0 Å². The van der Waals surface area contributed by atoms with Crippen LogP contribution in [0.2, 0.25) is 0 Å². The second kappa shape index (κ2) is 6.46. The van der Waals surface area contributed by atoms with E-state index in [4.69, 9.17) is 0 Å². The minimum absolute atomic E-state index is 0.394. The summed E-state index contributed by atoms with van der Waals surface area (Å²) in [7, 11) is 2.14. The van der Waals surface area contributed by atoms with Gasteiger partial charge in [0.2, 0.25) is 0 Å². The van der Waals surface area contributed by atoms with E-state index in [1.807, 2.05) is 36.0 Å². The quantitative estimate of drug-likeness (QED) is 0.727. The summed E-state index contributed by atoms with van der Waals surface area (Å²) in [5.74, 6) is 0.